The minimum atomic E-state index is 0.177. The van der Waals surface area contributed by atoms with Crippen LogP contribution in [0, 0.1) is 0 Å². The van der Waals surface area contributed by atoms with Gasteiger partial charge in [-0.1, -0.05) is 6.92 Å². The molecule has 1 heterocycles. The highest BCUT2D eigenvalue weighted by atomic mass is 16.5. The van der Waals surface area contributed by atoms with Crippen molar-refractivity contribution in [3.63, 3.8) is 0 Å². The van der Waals surface area contributed by atoms with Gasteiger partial charge in [0.1, 0.15) is 0 Å². The summed E-state index contributed by atoms with van der Waals surface area (Å²) in [6.45, 7) is 10.9. The van der Waals surface area contributed by atoms with Crippen LogP contribution < -0.4 is 15.0 Å². The van der Waals surface area contributed by atoms with E-state index in [1.165, 1.54) is 0 Å². The maximum Gasteiger partial charge on any atom is 0.323 e. The van der Waals surface area contributed by atoms with Crippen molar-refractivity contribution < 1.29 is 9.47 Å². The van der Waals surface area contributed by atoms with E-state index in [0.717, 1.165) is 19.5 Å². The van der Waals surface area contributed by atoms with E-state index in [4.69, 9.17) is 9.47 Å². The van der Waals surface area contributed by atoms with Crippen molar-refractivity contribution in [2.75, 3.05) is 43.6 Å². The lowest BCUT2D eigenvalue weighted by Gasteiger charge is -2.27. The molecule has 1 N–H and O–H groups in total. The van der Waals surface area contributed by atoms with Crippen molar-refractivity contribution in [1.82, 2.24) is 15.0 Å². The fraction of sp³-hybridized carbons (Fsp3) is 0.786. The molecule has 0 spiro atoms. The van der Waals surface area contributed by atoms with Gasteiger partial charge in [-0.3, -0.25) is 0 Å². The molecule has 0 aliphatic heterocycles. The van der Waals surface area contributed by atoms with Crippen molar-refractivity contribution in [3.05, 3.63) is 0 Å². The molecule has 1 rings (SSSR count). The molecule has 0 aliphatic rings. The monoisotopic (exact) mass is 297 g/mol. The Morgan fingerprint density at radius 3 is 2.52 bits per heavy atom. The summed E-state index contributed by atoms with van der Waals surface area (Å²) in [5.74, 6) is 1.16. The summed E-state index contributed by atoms with van der Waals surface area (Å²) in [7, 11) is 1.69. The maximum atomic E-state index is 5.44. The second-order valence-electron chi connectivity index (χ2n) is 4.69. The van der Waals surface area contributed by atoms with E-state index in [2.05, 4.69) is 45.9 Å². The van der Waals surface area contributed by atoms with Crippen LogP contribution in [0.2, 0.25) is 0 Å². The van der Waals surface area contributed by atoms with Gasteiger partial charge in [0.2, 0.25) is 11.9 Å². The molecular formula is C14H27N5O2. The fourth-order valence-corrected chi connectivity index (χ4v) is 1.97. The quantitative estimate of drug-likeness (QED) is 0.707. The van der Waals surface area contributed by atoms with Crippen molar-refractivity contribution in [3.8, 4) is 6.01 Å². The Bertz CT molecular complexity index is 416. The predicted molar refractivity (Wildman–Crippen MR) is 84.1 cm³/mol. The number of ether oxygens (including phenoxy) is 2. The number of aromatic nitrogens is 3. The number of nitrogens with one attached hydrogen (secondary N) is 1. The Hall–Kier alpha value is -1.63. The molecule has 1 atom stereocenters. The zero-order chi connectivity index (χ0) is 15.7. The average Bonchev–Trinajstić information content (AvgIpc) is 2.46. The molecule has 0 fully saturated rings. The number of hydrogen-bond donors (Lipinski definition) is 1. The molecular weight excluding hydrogens is 270 g/mol. The third-order valence-electron chi connectivity index (χ3n) is 2.95. The maximum absolute atomic E-state index is 5.44. The Balaban J connectivity index is 3.03. The van der Waals surface area contributed by atoms with Crippen LogP contribution in [-0.4, -0.2) is 54.4 Å². The number of rotatable bonds is 10. The third-order valence-corrected chi connectivity index (χ3v) is 2.95. The molecule has 0 bridgehead atoms. The van der Waals surface area contributed by atoms with Gasteiger partial charge >= 0.3 is 6.01 Å². The second kappa shape index (κ2) is 9.33. The molecule has 0 saturated heterocycles. The first kappa shape index (κ1) is 17.4. The van der Waals surface area contributed by atoms with Gasteiger partial charge in [0, 0.05) is 20.2 Å². The Morgan fingerprint density at radius 2 is 1.95 bits per heavy atom. The number of anilines is 2. The second-order valence-corrected chi connectivity index (χ2v) is 4.69. The van der Waals surface area contributed by atoms with Gasteiger partial charge in [0.05, 0.1) is 19.3 Å². The summed E-state index contributed by atoms with van der Waals surface area (Å²) < 4.78 is 10.7. The van der Waals surface area contributed by atoms with Crippen molar-refractivity contribution in [2.45, 2.75) is 40.2 Å². The van der Waals surface area contributed by atoms with Gasteiger partial charge < -0.3 is 19.7 Å². The molecule has 7 nitrogen and oxygen atoms in total. The lowest BCUT2D eigenvalue weighted by molar-refractivity contribution is 0.181. The summed E-state index contributed by atoms with van der Waals surface area (Å²) in [4.78, 5) is 15.2. The molecule has 0 aliphatic carbocycles. The SMILES string of the molecule is CCCNc1nc(OCC)nc(N(CC)C(C)COC)n1. The van der Waals surface area contributed by atoms with Crippen molar-refractivity contribution in [1.29, 1.82) is 0 Å². The topological polar surface area (TPSA) is 72.4 Å². The predicted octanol–water partition coefficient (Wildman–Crippen LogP) is 1.95. The number of nitrogens with zero attached hydrogens (tertiary/aromatic N) is 4. The van der Waals surface area contributed by atoms with E-state index in [1.54, 1.807) is 7.11 Å². The number of methoxy groups -OCH3 is 1. The minimum absolute atomic E-state index is 0.177. The first-order valence-corrected chi connectivity index (χ1v) is 7.54. The Labute approximate surface area is 127 Å². The van der Waals surface area contributed by atoms with Crippen LogP contribution in [0.3, 0.4) is 0 Å². The van der Waals surface area contributed by atoms with Crippen LogP contribution in [0.5, 0.6) is 6.01 Å². The number of likely N-dealkylation sites (N-methyl/N-ethyl adjacent to an activating group) is 1. The van der Waals surface area contributed by atoms with Gasteiger partial charge in [0.15, 0.2) is 0 Å². The molecule has 0 saturated carbocycles. The van der Waals surface area contributed by atoms with Crippen LogP contribution >= 0.6 is 0 Å². The lowest BCUT2D eigenvalue weighted by atomic mass is 10.3. The molecule has 1 aromatic heterocycles. The van der Waals surface area contributed by atoms with E-state index in [9.17, 15) is 0 Å². The largest absolute Gasteiger partial charge is 0.464 e. The van der Waals surface area contributed by atoms with Crippen LogP contribution in [0.1, 0.15) is 34.1 Å². The highest BCUT2D eigenvalue weighted by Crippen LogP contribution is 2.17. The van der Waals surface area contributed by atoms with Gasteiger partial charge in [-0.25, -0.2) is 0 Å². The summed E-state index contributed by atoms with van der Waals surface area (Å²) >= 11 is 0. The van der Waals surface area contributed by atoms with Gasteiger partial charge in [-0.15, -0.1) is 0 Å². The average molecular weight is 297 g/mol. The molecule has 1 unspecified atom stereocenters. The Kier molecular flexibility index (Phi) is 7.74. The van der Waals surface area contributed by atoms with E-state index >= 15 is 0 Å². The molecule has 0 radical (unpaired) electrons. The lowest BCUT2D eigenvalue weighted by Crippen LogP contribution is -2.37. The molecule has 21 heavy (non-hydrogen) atoms. The van der Waals surface area contributed by atoms with Crippen LogP contribution in [0.4, 0.5) is 11.9 Å². The summed E-state index contributed by atoms with van der Waals surface area (Å²) in [5.41, 5.74) is 0. The van der Waals surface area contributed by atoms with E-state index in [1.807, 2.05) is 6.92 Å². The van der Waals surface area contributed by atoms with Crippen molar-refractivity contribution in [2.24, 2.45) is 0 Å². The highest BCUT2D eigenvalue weighted by molar-refractivity contribution is 5.39. The first-order chi connectivity index (χ1) is 10.2. The minimum Gasteiger partial charge on any atom is -0.464 e. The molecule has 7 heteroatoms. The van der Waals surface area contributed by atoms with E-state index in [0.29, 0.717) is 31.1 Å². The summed E-state index contributed by atoms with van der Waals surface area (Å²) in [5, 5.41) is 3.18. The van der Waals surface area contributed by atoms with Crippen LogP contribution in [-0.2, 0) is 4.74 Å². The molecule has 0 amide bonds. The summed E-state index contributed by atoms with van der Waals surface area (Å²) in [6, 6.07) is 0.528. The normalized spacial score (nSPS) is 12.0. The molecule has 120 valence electrons. The fourth-order valence-electron chi connectivity index (χ4n) is 1.97. The first-order valence-electron chi connectivity index (χ1n) is 7.54. The van der Waals surface area contributed by atoms with E-state index in [-0.39, 0.29) is 6.04 Å². The standard InChI is InChI=1S/C14H27N5O2/c1-6-9-15-12-16-13(18-14(17-12)21-8-3)19(7-2)11(4)10-20-5/h11H,6-10H2,1-5H3,(H,15,16,17,18). The summed E-state index contributed by atoms with van der Waals surface area (Å²) in [6.07, 6.45) is 1.00. The zero-order valence-corrected chi connectivity index (χ0v) is 13.7. The van der Waals surface area contributed by atoms with Gasteiger partial charge in [-0.05, 0) is 27.2 Å². The smallest absolute Gasteiger partial charge is 0.323 e. The molecule has 0 aromatic carbocycles. The Morgan fingerprint density at radius 1 is 1.19 bits per heavy atom. The van der Waals surface area contributed by atoms with Crippen molar-refractivity contribution >= 4 is 11.9 Å². The van der Waals surface area contributed by atoms with Gasteiger partial charge in [0.25, 0.3) is 0 Å². The van der Waals surface area contributed by atoms with Crippen LogP contribution in [0.15, 0.2) is 0 Å². The molecule has 1 aromatic rings. The van der Waals surface area contributed by atoms with E-state index < -0.39 is 0 Å². The highest BCUT2D eigenvalue weighted by Gasteiger charge is 2.18. The number of hydrogen-bond acceptors (Lipinski definition) is 7. The van der Waals surface area contributed by atoms with Crippen LogP contribution in [0.25, 0.3) is 0 Å². The van der Waals surface area contributed by atoms with Gasteiger partial charge in [-0.2, -0.15) is 15.0 Å². The zero-order valence-electron chi connectivity index (χ0n) is 13.7. The third kappa shape index (κ3) is 5.34.